The maximum atomic E-state index is 14.6. The summed E-state index contributed by atoms with van der Waals surface area (Å²) in [6, 6.07) is 8.04. The highest BCUT2D eigenvalue weighted by atomic mass is 19.1. The maximum absolute atomic E-state index is 14.6. The largest absolute Gasteiger partial charge is 0.507 e. The number of aliphatic imine (C=N–C) groups is 1. The second-order valence-corrected chi connectivity index (χ2v) is 4.82. The molecular formula is C18H17FN4O. The molecule has 24 heavy (non-hydrogen) atoms. The fourth-order valence-electron chi connectivity index (χ4n) is 1.97. The number of hydrogen-bond donors (Lipinski definition) is 2. The predicted molar refractivity (Wildman–Crippen MR) is 95.3 cm³/mol. The van der Waals surface area contributed by atoms with Crippen LogP contribution in [0.5, 0.6) is 5.75 Å². The topological polar surface area (TPSA) is 84.4 Å². The summed E-state index contributed by atoms with van der Waals surface area (Å²) in [5.74, 6) is -0.608. The van der Waals surface area contributed by atoms with E-state index in [1.165, 1.54) is 30.5 Å². The average Bonchev–Trinajstić information content (AvgIpc) is 2.59. The number of aromatic hydroxyl groups is 1. The molecule has 0 amide bonds. The molecule has 0 aliphatic rings. The number of anilines is 1. The number of nitrogen functional groups attached to an aromatic ring is 1. The van der Waals surface area contributed by atoms with Crippen LogP contribution in [0.4, 0.5) is 10.2 Å². The maximum Gasteiger partial charge on any atom is 0.156 e. The fraction of sp³-hybridized carbons (Fsp3) is 0.0556. The van der Waals surface area contributed by atoms with Crippen LogP contribution in [0.3, 0.4) is 0 Å². The normalized spacial score (nSPS) is 12.6. The molecule has 2 aromatic rings. The van der Waals surface area contributed by atoms with Gasteiger partial charge in [-0.1, -0.05) is 24.8 Å². The number of para-hydroxylation sites is 1. The van der Waals surface area contributed by atoms with Crippen molar-refractivity contribution in [1.82, 2.24) is 10.2 Å². The number of nitrogens with zero attached hydrogens (tertiary/aromatic N) is 3. The third-order valence-corrected chi connectivity index (χ3v) is 3.20. The fourth-order valence-corrected chi connectivity index (χ4v) is 1.97. The number of aromatic nitrogens is 2. The molecule has 2 rings (SSSR count). The monoisotopic (exact) mass is 324 g/mol. The molecule has 1 aromatic heterocycles. The summed E-state index contributed by atoms with van der Waals surface area (Å²) < 4.78 is 14.6. The van der Waals surface area contributed by atoms with Gasteiger partial charge in [-0.3, -0.25) is 4.99 Å². The number of hydrogen-bond acceptors (Lipinski definition) is 5. The minimum atomic E-state index is -0.588. The molecule has 0 spiro atoms. The van der Waals surface area contributed by atoms with Crippen molar-refractivity contribution in [1.29, 1.82) is 0 Å². The molecule has 0 fully saturated rings. The van der Waals surface area contributed by atoms with Gasteiger partial charge in [-0.15, -0.1) is 10.2 Å². The Morgan fingerprint density at radius 3 is 2.75 bits per heavy atom. The Morgan fingerprint density at radius 2 is 2.08 bits per heavy atom. The molecule has 0 aliphatic carbocycles. The lowest BCUT2D eigenvalue weighted by Crippen LogP contribution is -2.00. The lowest BCUT2D eigenvalue weighted by atomic mass is 10.1. The molecule has 0 bridgehead atoms. The van der Waals surface area contributed by atoms with E-state index in [1.54, 1.807) is 31.3 Å². The molecule has 0 radical (unpaired) electrons. The van der Waals surface area contributed by atoms with Crippen LogP contribution in [0.15, 0.2) is 65.7 Å². The van der Waals surface area contributed by atoms with Crippen molar-refractivity contribution >= 4 is 17.9 Å². The van der Waals surface area contributed by atoms with Crippen molar-refractivity contribution in [2.75, 3.05) is 12.8 Å². The Morgan fingerprint density at radius 1 is 1.33 bits per heavy atom. The van der Waals surface area contributed by atoms with Crippen molar-refractivity contribution in [3.63, 3.8) is 0 Å². The van der Waals surface area contributed by atoms with Gasteiger partial charge in [0, 0.05) is 18.8 Å². The van der Waals surface area contributed by atoms with Gasteiger partial charge < -0.3 is 10.8 Å². The number of halogens is 1. The van der Waals surface area contributed by atoms with Crippen LogP contribution >= 0.6 is 0 Å². The van der Waals surface area contributed by atoms with E-state index >= 15 is 0 Å². The van der Waals surface area contributed by atoms with E-state index < -0.39 is 5.83 Å². The second-order valence-electron chi connectivity index (χ2n) is 4.82. The first-order chi connectivity index (χ1) is 11.6. The van der Waals surface area contributed by atoms with Gasteiger partial charge in [0.1, 0.15) is 11.6 Å². The van der Waals surface area contributed by atoms with Crippen LogP contribution in [0, 0.1) is 0 Å². The second kappa shape index (κ2) is 7.82. The van der Waals surface area contributed by atoms with E-state index in [0.29, 0.717) is 16.8 Å². The van der Waals surface area contributed by atoms with Crippen LogP contribution in [0.25, 0.3) is 17.1 Å². The van der Waals surface area contributed by atoms with Crippen molar-refractivity contribution in [3.05, 3.63) is 66.3 Å². The van der Waals surface area contributed by atoms with E-state index in [4.69, 9.17) is 5.73 Å². The third-order valence-electron chi connectivity index (χ3n) is 3.20. The number of benzene rings is 1. The van der Waals surface area contributed by atoms with E-state index in [1.807, 2.05) is 0 Å². The Labute approximate surface area is 139 Å². The zero-order valence-corrected chi connectivity index (χ0v) is 13.1. The number of allylic oxidation sites excluding steroid dienone is 4. The van der Waals surface area contributed by atoms with Gasteiger partial charge in [-0.2, -0.15) is 0 Å². The summed E-state index contributed by atoms with van der Waals surface area (Å²) in [5.41, 5.74) is 7.11. The number of nitrogens with two attached hydrogens (primary N) is 1. The highest BCUT2D eigenvalue weighted by Gasteiger charge is 2.12. The van der Waals surface area contributed by atoms with Gasteiger partial charge in [-0.05, 0) is 35.9 Å². The Bertz CT molecular complexity index is 841. The van der Waals surface area contributed by atoms with Crippen molar-refractivity contribution in [3.8, 4) is 17.0 Å². The molecule has 0 unspecified atom stereocenters. The van der Waals surface area contributed by atoms with Crippen LogP contribution < -0.4 is 5.73 Å². The molecule has 6 heteroatoms. The van der Waals surface area contributed by atoms with Crippen LogP contribution in [0.1, 0.15) is 5.56 Å². The first-order valence-electron chi connectivity index (χ1n) is 7.10. The highest BCUT2D eigenvalue weighted by molar-refractivity contribution is 5.78. The summed E-state index contributed by atoms with van der Waals surface area (Å²) >= 11 is 0. The minimum Gasteiger partial charge on any atom is -0.507 e. The molecule has 0 saturated heterocycles. The van der Waals surface area contributed by atoms with Crippen LogP contribution in [-0.2, 0) is 0 Å². The Hall–Kier alpha value is -3.28. The Kier molecular flexibility index (Phi) is 5.57. The molecule has 1 aromatic carbocycles. The van der Waals surface area contributed by atoms with Gasteiger partial charge >= 0.3 is 0 Å². The lowest BCUT2D eigenvalue weighted by Gasteiger charge is -2.07. The summed E-state index contributed by atoms with van der Waals surface area (Å²) in [5, 5.41) is 17.6. The summed E-state index contributed by atoms with van der Waals surface area (Å²) in [4.78, 5) is 3.81. The predicted octanol–water partition coefficient (Wildman–Crippen LogP) is 3.55. The third kappa shape index (κ3) is 3.92. The Balaban J connectivity index is 2.49. The van der Waals surface area contributed by atoms with Gasteiger partial charge in [0.15, 0.2) is 5.82 Å². The zero-order chi connectivity index (χ0) is 17.5. The number of rotatable bonds is 5. The van der Waals surface area contributed by atoms with E-state index in [2.05, 4.69) is 21.8 Å². The summed E-state index contributed by atoms with van der Waals surface area (Å²) in [7, 11) is 1.61. The SMILES string of the molecule is C=CC(/C=C(\F)c1cc(-c2ccccc2O)nnc1N)=C\C=NC. The number of phenols is 1. The van der Waals surface area contributed by atoms with Gasteiger partial charge in [0.2, 0.25) is 0 Å². The molecule has 3 N–H and O–H groups in total. The minimum absolute atomic E-state index is 0.0257. The van der Waals surface area contributed by atoms with Gasteiger partial charge in [0.05, 0.1) is 11.3 Å². The molecule has 0 saturated carbocycles. The summed E-state index contributed by atoms with van der Waals surface area (Å²) in [6.45, 7) is 3.63. The van der Waals surface area contributed by atoms with Crippen molar-refractivity contribution in [2.45, 2.75) is 0 Å². The molecule has 122 valence electrons. The van der Waals surface area contributed by atoms with Crippen LogP contribution in [0.2, 0.25) is 0 Å². The zero-order valence-electron chi connectivity index (χ0n) is 13.1. The highest BCUT2D eigenvalue weighted by Crippen LogP contribution is 2.30. The van der Waals surface area contributed by atoms with Gasteiger partial charge in [-0.25, -0.2) is 4.39 Å². The standard InChI is InChI=1S/C18H17FN4O/c1-3-12(8-9-21-2)10-15(19)14-11-16(22-23-18(14)20)13-6-4-5-7-17(13)24/h3-11,24H,1H2,2H3,(H2,20,23)/b12-8+,15-10-,21-9?. The first kappa shape index (κ1) is 17.1. The van der Waals surface area contributed by atoms with E-state index in [0.717, 1.165) is 0 Å². The van der Waals surface area contributed by atoms with Crippen molar-refractivity contribution < 1.29 is 9.50 Å². The smallest absolute Gasteiger partial charge is 0.156 e. The van der Waals surface area contributed by atoms with Crippen LogP contribution in [-0.4, -0.2) is 28.6 Å². The molecule has 1 heterocycles. The number of phenolic OH excluding ortho intramolecular Hbond substituents is 1. The lowest BCUT2D eigenvalue weighted by molar-refractivity contribution is 0.477. The quantitative estimate of drug-likeness (QED) is 0.650. The van der Waals surface area contributed by atoms with Crippen molar-refractivity contribution in [2.24, 2.45) is 4.99 Å². The summed E-state index contributed by atoms with van der Waals surface area (Å²) in [6.07, 6.45) is 5.91. The van der Waals surface area contributed by atoms with Gasteiger partial charge in [0.25, 0.3) is 0 Å². The average molecular weight is 324 g/mol. The molecule has 0 atom stereocenters. The molecular weight excluding hydrogens is 307 g/mol. The first-order valence-corrected chi connectivity index (χ1v) is 7.10. The van der Waals surface area contributed by atoms with E-state index in [-0.39, 0.29) is 17.1 Å². The molecule has 5 nitrogen and oxygen atoms in total. The van der Waals surface area contributed by atoms with E-state index in [9.17, 15) is 9.50 Å². The molecule has 0 aliphatic heterocycles.